The number of rotatable bonds is 5. The first-order valence-corrected chi connectivity index (χ1v) is 8.52. The van der Waals surface area contributed by atoms with Gasteiger partial charge < -0.3 is 14.0 Å². The van der Waals surface area contributed by atoms with Gasteiger partial charge in [-0.1, -0.05) is 12.1 Å². The van der Waals surface area contributed by atoms with Crippen molar-refractivity contribution in [3.05, 3.63) is 24.3 Å². The summed E-state index contributed by atoms with van der Waals surface area (Å²) in [5.74, 6) is 0.861. The van der Waals surface area contributed by atoms with E-state index >= 15 is 0 Å². The molecule has 0 saturated carbocycles. The molecule has 128 valence electrons. The van der Waals surface area contributed by atoms with Crippen molar-refractivity contribution in [3.8, 4) is 11.8 Å². The van der Waals surface area contributed by atoms with Crippen LogP contribution in [0.15, 0.2) is 24.3 Å². The highest BCUT2D eigenvalue weighted by atomic mass is 16.7. The van der Waals surface area contributed by atoms with Crippen molar-refractivity contribution in [2.24, 2.45) is 0 Å². The Balaban J connectivity index is 1.53. The minimum Gasteiger partial charge on any atom is -0.488 e. The van der Waals surface area contributed by atoms with Gasteiger partial charge in [0.2, 0.25) is 0 Å². The van der Waals surface area contributed by atoms with Crippen molar-refractivity contribution in [1.29, 1.82) is 5.26 Å². The van der Waals surface area contributed by atoms with Crippen molar-refractivity contribution >= 4 is 12.6 Å². The van der Waals surface area contributed by atoms with Gasteiger partial charge in [0.25, 0.3) is 0 Å². The standard InChI is InChI=1S/C18H25BN2O3/c1-17(2)18(3,4)24-19(23-17)14-6-8-15(9-7-14)22-16-12-21(13-16)11-5-10-20/h6-9,16H,5,11-13H2,1-4H3. The molecule has 0 aromatic heterocycles. The van der Waals surface area contributed by atoms with Gasteiger partial charge in [-0.15, -0.1) is 0 Å². The van der Waals surface area contributed by atoms with E-state index in [2.05, 4.69) is 38.7 Å². The number of benzene rings is 1. The van der Waals surface area contributed by atoms with Crippen molar-refractivity contribution in [2.45, 2.75) is 51.4 Å². The van der Waals surface area contributed by atoms with E-state index in [4.69, 9.17) is 19.3 Å². The van der Waals surface area contributed by atoms with E-state index in [0.717, 1.165) is 30.8 Å². The molecule has 0 amide bonds. The molecule has 24 heavy (non-hydrogen) atoms. The van der Waals surface area contributed by atoms with Gasteiger partial charge in [0, 0.05) is 26.1 Å². The second-order valence-corrected chi connectivity index (χ2v) is 7.56. The van der Waals surface area contributed by atoms with Crippen LogP contribution >= 0.6 is 0 Å². The van der Waals surface area contributed by atoms with Gasteiger partial charge in [0.15, 0.2) is 0 Å². The van der Waals surface area contributed by atoms with E-state index in [1.165, 1.54) is 0 Å². The zero-order valence-corrected chi connectivity index (χ0v) is 14.9. The van der Waals surface area contributed by atoms with E-state index in [1.807, 2.05) is 24.3 Å². The molecule has 2 fully saturated rings. The minimum atomic E-state index is -0.339. The fraction of sp³-hybridized carbons (Fsp3) is 0.611. The highest BCUT2D eigenvalue weighted by molar-refractivity contribution is 6.62. The van der Waals surface area contributed by atoms with Crippen LogP contribution in [0.3, 0.4) is 0 Å². The van der Waals surface area contributed by atoms with Crippen LogP contribution in [0.25, 0.3) is 0 Å². The highest BCUT2D eigenvalue weighted by Gasteiger charge is 2.51. The summed E-state index contributed by atoms with van der Waals surface area (Å²) in [6.45, 7) is 10.8. The van der Waals surface area contributed by atoms with Crippen LogP contribution in [0.2, 0.25) is 0 Å². The van der Waals surface area contributed by atoms with E-state index < -0.39 is 0 Å². The normalized spacial score (nSPS) is 22.9. The van der Waals surface area contributed by atoms with Crippen LogP contribution in [0.4, 0.5) is 0 Å². The van der Waals surface area contributed by atoms with Gasteiger partial charge in [0.05, 0.1) is 17.3 Å². The summed E-state index contributed by atoms with van der Waals surface area (Å²) in [4.78, 5) is 2.23. The molecular formula is C18H25BN2O3. The van der Waals surface area contributed by atoms with Gasteiger partial charge in [-0.25, -0.2) is 0 Å². The van der Waals surface area contributed by atoms with Crippen molar-refractivity contribution < 1.29 is 14.0 Å². The Bertz CT molecular complexity index is 602. The Hall–Kier alpha value is -1.55. The predicted octanol–water partition coefficient (Wildman–Crippen LogP) is 1.96. The molecule has 5 nitrogen and oxygen atoms in total. The molecule has 2 heterocycles. The van der Waals surface area contributed by atoms with Crippen LogP contribution in [0.1, 0.15) is 34.1 Å². The first-order chi connectivity index (χ1) is 11.3. The molecule has 0 aliphatic carbocycles. The fourth-order valence-corrected chi connectivity index (χ4v) is 2.86. The summed E-state index contributed by atoms with van der Waals surface area (Å²) < 4.78 is 18.1. The molecule has 2 saturated heterocycles. The molecule has 1 aromatic carbocycles. The summed E-state index contributed by atoms with van der Waals surface area (Å²) in [6, 6.07) is 10.1. The molecule has 1 aromatic rings. The zero-order valence-electron chi connectivity index (χ0n) is 14.9. The molecule has 0 spiro atoms. The molecule has 3 rings (SSSR count). The summed E-state index contributed by atoms with van der Waals surface area (Å²) >= 11 is 0. The van der Waals surface area contributed by atoms with Crippen LogP contribution in [0.5, 0.6) is 5.75 Å². The second-order valence-electron chi connectivity index (χ2n) is 7.56. The van der Waals surface area contributed by atoms with Crippen LogP contribution < -0.4 is 10.2 Å². The third-order valence-electron chi connectivity index (χ3n) is 5.17. The molecule has 0 N–H and O–H groups in total. The van der Waals surface area contributed by atoms with Crippen molar-refractivity contribution in [3.63, 3.8) is 0 Å². The van der Waals surface area contributed by atoms with Crippen LogP contribution in [-0.2, 0) is 9.31 Å². The van der Waals surface area contributed by atoms with E-state index in [0.29, 0.717) is 6.42 Å². The van der Waals surface area contributed by atoms with Crippen molar-refractivity contribution in [2.75, 3.05) is 19.6 Å². The Morgan fingerprint density at radius 1 is 1.17 bits per heavy atom. The molecule has 0 radical (unpaired) electrons. The Kier molecular flexibility index (Phi) is 4.61. The molecule has 0 atom stereocenters. The van der Waals surface area contributed by atoms with E-state index in [-0.39, 0.29) is 24.4 Å². The lowest BCUT2D eigenvalue weighted by Crippen LogP contribution is -2.53. The lowest BCUT2D eigenvalue weighted by atomic mass is 9.79. The lowest BCUT2D eigenvalue weighted by Gasteiger charge is -2.38. The van der Waals surface area contributed by atoms with Gasteiger partial charge in [-0.3, -0.25) is 4.90 Å². The average Bonchev–Trinajstić information content (AvgIpc) is 2.70. The molecule has 0 unspecified atom stereocenters. The first-order valence-electron chi connectivity index (χ1n) is 8.52. The van der Waals surface area contributed by atoms with E-state index in [1.54, 1.807) is 0 Å². The van der Waals surface area contributed by atoms with E-state index in [9.17, 15) is 0 Å². The Morgan fingerprint density at radius 3 is 2.29 bits per heavy atom. The first kappa shape index (κ1) is 17.3. The number of hydrogen-bond donors (Lipinski definition) is 0. The summed E-state index contributed by atoms with van der Waals surface area (Å²) in [7, 11) is -0.339. The highest BCUT2D eigenvalue weighted by Crippen LogP contribution is 2.36. The largest absolute Gasteiger partial charge is 0.494 e. The summed E-state index contributed by atoms with van der Waals surface area (Å²) in [5, 5.41) is 8.59. The maximum absolute atomic E-state index is 8.59. The minimum absolute atomic E-state index is 0.214. The van der Waals surface area contributed by atoms with Crippen molar-refractivity contribution in [1.82, 2.24) is 4.90 Å². The van der Waals surface area contributed by atoms with Gasteiger partial charge >= 0.3 is 7.12 Å². The topological polar surface area (TPSA) is 54.7 Å². The fourth-order valence-electron chi connectivity index (χ4n) is 2.86. The molecule has 0 bridgehead atoms. The number of nitriles is 1. The summed E-state index contributed by atoms with van der Waals surface area (Å²) in [5.41, 5.74) is 0.349. The molecule has 6 heteroatoms. The average molecular weight is 328 g/mol. The number of hydrogen-bond acceptors (Lipinski definition) is 5. The zero-order chi connectivity index (χ0) is 17.4. The van der Waals surface area contributed by atoms with Gasteiger partial charge in [-0.05, 0) is 45.3 Å². The monoisotopic (exact) mass is 328 g/mol. The predicted molar refractivity (Wildman–Crippen MR) is 93.2 cm³/mol. The number of ether oxygens (including phenoxy) is 1. The Morgan fingerprint density at radius 2 is 1.75 bits per heavy atom. The third-order valence-corrected chi connectivity index (χ3v) is 5.17. The number of nitrogens with zero attached hydrogens (tertiary/aromatic N) is 2. The lowest BCUT2D eigenvalue weighted by molar-refractivity contribution is 0.00578. The molecule has 2 aliphatic heterocycles. The van der Waals surface area contributed by atoms with Gasteiger partial charge in [0.1, 0.15) is 11.9 Å². The quantitative estimate of drug-likeness (QED) is 0.774. The summed E-state index contributed by atoms with van der Waals surface area (Å²) in [6.07, 6.45) is 0.793. The molecular weight excluding hydrogens is 303 g/mol. The number of likely N-dealkylation sites (tertiary alicyclic amines) is 1. The maximum atomic E-state index is 8.59. The maximum Gasteiger partial charge on any atom is 0.494 e. The van der Waals surface area contributed by atoms with Crippen LogP contribution in [0, 0.1) is 11.3 Å². The molecule has 2 aliphatic rings. The van der Waals surface area contributed by atoms with Crippen LogP contribution in [-0.4, -0.2) is 49.0 Å². The second kappa shape index (κ2) is 6.40. The van der Waals surface area contributed by atoms with Gasteiger partial charge in [-0.2, -0.15) is 5.26 Å². The Labute approximate surface area is 144 Å². The smallest absolute Gasteiger partial charge is 0.488 e. The SMILES string of the molecule is CC1(C)OB(c2ccc(OC3CN(CCC#N)C3)cc2)OC1(C)C. The third kappa shape index (κ3) is 3.44.